The highest BCUT2D eigenvalue weighted by molar-refractivity contribution is 5.52. The van der Waals surface area contributed by atoms with Crippen molar-refractivity contribution in [2.75, 3.05) is 31.7 Å². The summed E-state index contributed by atoms with van der Waals surface area (Å²) in [5.41, 5.74) is -0.266. The Labute approximate surface area is 122 Å². The lowest BCUT2D eigenvalue weighted by molar-refractivity contribution is -0.138. The quantitative estimate of drug-likeness (QED) is 0.928. The van der Waals surface area contributed by atoms with Crippen molar-refractivity contribution < 1.29 is 23.0 Å². The first kappa shape index (κ1) is 16.1. The number of benzene rings is 1. The van der Waals surface area contributed by atoms with Crippen molar-refractivity contribution in [2.45, 2.75) is 25.6 Å². The van der Waals surface area contributed by atoms with Crippen LogP contribution in [0.25, 0.3) is 0 Å². The molecule has 0 aromatic heterocycles. The van der Waals surface area contributed by atoms with Gasteiger partial charge in [-0.1, -0.05) is 6.07 Å². The van der Waals surface area contributed by atoms with Crippen molar-refractivity contribution in [3.8, 4) is 0 Å². The van der Waals surface area contributed by atoms with E-state index in [4.69, 9.17) is 9.84 Å². The molecule has 1 aliphatic heterocycles. The molecule has 0 radical (unpaired) electrons. The lowest BCUT2D eigenvalue weighted by Crippen LogP contribution is -2.35. The number of hydrogen-bond donors (Lipinski definition) is 1. The predicted octanol–water partition coefficient (Wildman–Crippen LogP) is 3.06. The molecule has 2 rings (SSSR count). The number of methoxy groups -OCH3 is 1. The Morgan fingerprint density at radius 1 is 1.29 bits per heavy atom. The zero-order chi connectivity index (χ0) is 15.5. The van der Waals surface area contributed by atoms with E-state index >= 15 is 0 Å². The van der Waals surface area contributed by atoms with Gasteiger partial charge in [-0.2, -0.15) is 13.2 Å². The van der Waals surface area contributed by atoms with Gasteiger partial charge in [0.25, 0.3) is 0 Å². The zero-order valence-electron chi connectivity index (χ0n) is 12.0. The molecule has 6 heteroatoms. The molecule has 1 aliphatic rings. The number of nitrogens with zero attached hydrogens (tertiary/aromatic N) is 1. The number of piperidine rings is 1. The summed E-state index contributed by atoms with van der Waals surface area (Å²) in [6.07, 6.45) is -2.61. The maximum absolute atomic E-state index is 13.0. The lowest BCUT2D eigenvalue weighted by atomic mass is 9.97. The molecule has 0 unspecified atom stereocenters. The second-order valence-corrected chi connectivity index (χ2v) is 5.38. The number of aliphatic hydroxyl groups is 1. The number of halogens is 3. The van der Waals surface area contributed by atoms with Crippen LogP contribution in [0.2, 0.25) is 0 Å². The molecule has 0 aliphatic carbocycles. The van der Waals surface area contributed by atoms with Gasteiger partial charge in [0.05, 0.1) is 12.2 Å². The summed E-state index contributed by atoms with van der Waals surface area (Å²) in [5.74, 6) is 0.477. The summed E-state index contributed by atoms with van der Waals surface area (Å²) in [6, 6.07) is 4.15. The molecule has 0 bridgehead atoms. The molecule has 0 saturated carbocycles. The average Bonchev–Trinajstić information content (AvgIpc) is 2.47. The van der Waals surface area contributed by atoms with Crippen molar-refractivity contribution in [3.05, 3.63) is 29.3 Å². The van der Waals surface area contributed by atoms with E-state index in [0.29, 0.717) is 18.2 Å². The summed E-state index contributed by atoms with van der Waals surface area (Å²) in [4.78, 5) is 1.96. The highest BCUT2D eigenvalue weighted by Crippen LogP contribution is 2.35. The second-order valence-electron chi connectivity index (χ2n) is 5.38. The second kappa shape index (κ2) is 6.66. The van der Waals surface area contributed by atoms with Crippen molar-refractivity contribution in [3.63, 3.8) is 0 Å². The SMILES string of the molecule is COCC1CCN(c2ccc(CO)c(C(F)(F)F)c2)CC1. The molecule has 1 aromatic carbocycles. The molecule has 1 N–H and O–H groups in total. The van der Waals surface area contributed by atoms with Crippen LogP contribution < -0.4 is 4.90 Å². The molecular weight excluding hydrogens is 283 g/mol. The fourth-order valence-corrected chi connectivity index (χ4v) is 2.76. The van der Waals surface area contributed by atoms with Gasteiger partial charge in [-0.3, -0.25) is 0 Å². The molecule has 21 heavy (non-hydrogen) atoms. The molecule has 118 valence electrons. The van der Waals surface area contributed by atoms with Crippen LogP contribution in [0.1, 0.15) is 24.0 Å². The van der Waals surface area contributed by atoms with Gasteiger partial charge in [0.1, 0.15) is 0 Å². The Balaban J connectivity index is 2.15. The van der Waals surface area contributed by atoms with Gasteiger partial charge in [-0.25, -0.2) is 0 Å². The molecule has 0 amide bonds. The number of aliphatic hydroxyl groups excluding tert-OH is 1. The summed E-state index contributed by atoms with van der Waals surface area (Å²) >= 11 is 0. The summed E-state index contributed by atoms with van der Waals surface area (Å²) in [5, 5.41) is 9.05. The first-order valence-electron chi connectivity index (χ1n) is 7.00. The topological polar surface area (TPSA) is 32.7 Å². The van der Waals surface area contributed by atoms with Crippen LogP contribution >= 0.6 is 0 Å². The third-order valence-electron chi connectivity index (χ3n) is 3.95. The van der Waals surface area contributed by atoms with E-state index in [2.05, 4.69) is 0 Å². The van der Waals surface area contributed by atoms with Crippen molar-refractivity contribution >= 4 is 5.69 Å². The van der Waals surface area contributed by atoms with Crippen molar-refractivity contribution in [2.24, 2.45) is 5.92 Å². The molecule has 0 atom stereocenters. The number of rotatable bonds is 4. The Hall–Kier alpha value is -1.27. The van der Waals surface area contributed by atoms with E-state index in [1.54, 1.807) is 13.2 Å². The van der Waals surface area contributed by atoms with Gasteiger partial charge in [0.15, 0.2) is 0 Å². The zero-order valence-corrected chi connectivity index (χ0v) is 12.0. The first-order chi connectivity index (χ1) is 9.95. The number of anilines is 1. The van der Waals surface area contributed by atoms with Gasteiger partial charge in [-0.15, -0.1) is 0 Å². The van der Waals surface area contributed by atoms with E-state index in [-0.39, 0.29) is 5.56 Å². The third-order valence-corrected chi connectivity index (χ3v) is 3.95. The summed E-state index contributed by atoms with van der Waals surface area (Å²) < 4.78 is 44.1. The molecule has 1 heterocycles. The minimum Gasteiger partial charge on any atom is -0.392 e. The van der Waals surface area contributed by atoms with Crippen molar-refractivity contribution in [1.82, 2.24) is 0 Å². The van der Waals surface area contributed by atoms with Crippen LogP contribution in [-0.2, 0) is 17.5 Å². The predicted molar refractivity (Wildman–Crippen MR) is 74.2 cm³/mol. The van der Waals surface area contributed by atoms with E-state index in [0.717, 1.165) is 32.0 Å². The van der Waals surface area contributed by atoms with E-state index in [9.17, 15) is 13.2 Å². The van der Waals surface area contributed by atoms with Gasteiger partial charge < -0.3 is 14.7 Å². The summed E-state index contributed by atoms with van der Waals surface area (Å²) in [7, 11) is 1.66. The Morgan fingerprint density at radius 3 is 2.48 bits per heavy atom. The Kier molecular flexibility index (Phi) is 5.11. The Morgan fingerprint density at radius 2 is 1.95 bits per heavy atom. The van der Waals surface area contributed by atoms with Gasteiger partial charge >= 0.3 is 6.18 Å². The van der Waals surface area contributed by atoms with Crippen LogP contribution in [0.15, 0.2) is 18.2 Å². The van der Waals surface area contributed by atoms with Gasteiger partial charge in [0.2, 0.25) is 0 Å². The standard InChI is InChI=1S/C15H20F3NO2/c1-21-10-11-4-6-19(7-5-11)13-3-2-12(9-20)14(8-13)15(16,17)18/h2-3,8,11,20H,4-7,9-10H2,1H3. The van der Waals surface area contributed by atoms with Gasteiger partial charge in [0, 0.05) is 32.5 Å². The fraction of sp³-hybridized carbons (Fsp3) is 0.600. The lowest BCUT2D eigenvalue weighted by Gasteiger charge is -2.33. The molecule has 1 fully saturated rings. The molecule has 1 aromatic rings. The number of hydrogen-bond acceptors (Lipinski definition) is 3. The van der Waals surface area contributed by atoms with E-state index in [1.165, 1.54) is 6.07 Å². The van der Waals surface area contributed by atoms with Crippen LogP contribution in [0.3, 0.4) is 0 Å². The highest BCUT2D eigenvalue weighted by Gasteiger charge is 2.34. The summed E-state index contributed by atoms with van der Waals surface area (Å²) in [6.45, 7) is 1.55. The highest BCUT2D eigenvalue weighted by atomic mass is 19.4. The normalized spacial score (nSPS) is 17.3. The maximum Gasteiger partial charge on any atom is 0.416 e. The van der Waals surface area contributed by atoms with Crippen LogP contribution in [0.4, 0.5) is 18.9 Å². The van der Waals surface area contributed by atoms with Crippen LogP contribution in [0.5, 0.6) is 0 Å². The first-order valence-corrected chi connectivity index (χ1v) is 7.00. The molecular formula is C15H20F3NO2. The van der Waals surface area contributed by atoms with Gasteiger partial charge in [-0.05, 0) is 36.5 Å². The minimum absolute atomic E-state index is 0.0829. The smallest absolute Gasteiger partial charge is 0.392 e. The monoisotopic (exact) mass is 303 g/mol. The number of alkyl halides is 3. The molecule has 3 nitrogen and oxygen atoms in total. The van der Waals surface area contributed by atoms with Crippen molar-refractivity contribution in [1.29, 1.82) is 0 Å². The van der Waals surface area contributed by atoms with E-state index in [1.807, 2.05) is 4.90 Å². The maximum atomic E-state index is 13.0. The van der Waals surface area contributed by atoms with Crippen LogP contribution in [0, 0.1) is 5.92 Å². The molecule has 0 spiro atoms. The Bertz CT molecular complexity index is 468. The molecule has 1 saturated heterocycles. The van der Waals surface area contributed by atoms with E-state index < -0.39 is 18.3 Å². The largest absolute Gasteiger partial charge is 0.416 e. The number of ether oxygens (including phenoxy) is 1. The van der Waals surface area contributed by atoms with Crippen LogP contribution in [-0.4, -0.2) is 31.9 Å². The minimum atomic E-state index is -4.44. The third kappa shape index (κ3) is 3.89. The average molecular weight is 303 g/mol. The fourth-order valence-electron chi connectivity index (χ4n) is 2.76.